The van der Waals surface area contributed by atoms with E-state index in [4.69, 9.17) is 21.1 Å². The van der Waals surface area contributed by atoms with E-state index in [9.17, 15) is 9.59 Å². The van der Waals surface area contributed by atoms with Gasteiger partial charge in [0.1, 0.15) is 11.6 Å². The van der Waals surface area contributed by atoms with Gasteiger partial charge in [0.05, 0.1) is 23.4 Å². The van der Waals surface area contributed by atoms with Crippen LogP contribution >= 0.6 is 11.6 Å². The molecule has 0 aliphatic heterocycles. The molecule has 8 heteroatoms. The summed E-state index contributed by atoms with van der Waals surface area (Å²) in [6.07, 6.45) is -0.617. The van der Waals surface area contributed by atoms with Crippen molar-refractivity contribution >= 4 is 29.2 Å². The van der Waals surface area contributed by atoms with Crippen molar-refractivity contribution < 1.29 is 19.1 Å². The lowest BCUT2D eigenvalue weighted by Crippen LogP contribution is -2.32. The van der Waals surface area contributed by atoms with E-state index in [1.54, 1.807) is 49.4 Å². The molecule has 3 aromatic rings. The largest absolute Gasteiger partial charge is 0.495 e. The van der Waals surface area contributed by atoms with E-state index < -0.39 is 18.0 Å². The number of hydrogen-bond acceptors (Lipinski definition) is 5. The quantitative estimate of drug-likeness (QED) is 0.507. The molecule has 0 radical (unpaired) electrons. The molecule has 1 heterocycles. The molecule has 0 spiro atoms. The molecule has 31 heavy (non-hydrogen) atoms. The zero-order valence-electron chi connectivity index (χ0n) is 17.8. The number of nitrogens with zero attached hydrogens (tertiary/aromatic N) is 1. The SMILES string of the molecule is CCC(OC(=O)c1ccc(-c2nc(C)c(C)[nH]2)cc1)C(=O)Nc1ccc(OC)c(Cl)c1. The second-order valence-electron chi connectivity index (χ2n) is 7.01. The van der Waals surface area contributed by atoms with Crippen molar-refractivity contribution in [3.05, 3.63) is 64.4 Å². The highest BCUT2D eigenvalue weighted by Gasteiger charge is 2.22. The first-order valence-corrected chi connectivity index (χ1v) is 10.2. The van der Waals surface area contributed by atoms with E-state index in [0.717, 1.165) is 22.8 Å². The Morgan fingerprint density at radius 3 is 2.42 bits per heavy atom. The number of benzene rings is 2. The normalized spacial score (nSPS) is 11.6. The molecule has 0 aliphatic carbocycles. The van der Waals surface area contributed by atoms with Gasteiger partial charge in [0, 0.05) is 16.9 Å². The predicted molar refractivity (Wildman–Crippen MR) is 120 cm³/mol. The van der Waals surface area contributed by atoms with E-state index in [1.807, 2.05) is 13.8 Å². The Kier molecular flexibility index (Phi) is 6.97. The van der Waals surface area contributed by atoms with Crippen LogP contribution in [0, 0.1) is 13.8 Å². The van der Waals surface area contributed by atoms with E-state index >= 15 is 0 Å². The molecule has 1 amide bonds. The number of aromatic nitrogens is 2. The summed E-state index contributed by atoms with van der Waals surface area (Å²) in [5.74, 6) is 0.226. The van der Waals surface area contributed by atoms with Crippen molar-refractivity contribution in [3.63, 3.8) is 0 Å². The molecule has 3 rings (SSSR count). The number of H-pyrrole nitrogens is 1. The predicted octanol–water partition coefficient (Wildman–Crippen LogP) is 4.93. The van der Waals surface area contributed by atoms with Gasteiger partial charge in [-0.25, -0.2) is 9.78 Å². The maximum atomic E-state index is 12.6. The van der Waals surface area contributed by atoms with Crippen molar-refractivity contribution in [2.24, 2.45) is 0 Å². The number of anilines is 1. The molecule has 1 atom stereocenters. The van der Waals surface area contributed by atoms with Crippen molar-refractivity contribution in [1.29, 1.82) is 0 Å². The Balaban J connectivity index is 1.66. The van der Waals surface area contributed by atoms with Crippen LogP contribution in [0.1, 0.15) is 35.1 Å². The lowest BCUT2D eigenvalue weighted by Gasteiger charge is -2.16. The Bertz CT molecular complexity index is 1070. The molecular formula is C23H24ClN3O4. The number of carbonyl (C=O) groups excluding carboxylic acids is 2. The zero-order chi connectivity index (χ0) is 22.5. The van der Waals surface area contributed by atoms with E-state index in [-0.39, 0.29) is 0 Å². The van der Waals surface area contributed by atoms with Gasteiger partial charge in [-0.15, -0.1) is 0 Å². The average molecular weight is 442 g/mol. The fraction of sp³-hybridized carbons (Fsp3) is 0.261. The van der Waals surface area contributed by atoms with Gasteiger partial charge in [-0.05, 0) is 50.6 Å². The van der Waals surface area contributed by atoms with E-state index in [0.29, 0.717) is 28.4 Å². The van der Waals surface area contributed by atoms with Crippen LogP contribution in [0.25, 0.3) is 11.4 Å². The number of aromatic amines is 1. The summed E-state index contributed by atoms with van der Waals surface area (Å²) in [6.45, 7) is 5.65. The van der Waals surface area contributed by atoms with Gasteiger partial charge in [-0.1, -0.05) is 30.7 Å². The second-order valence-corrected chi connectivity index (χ2v) is 7.42. The summed E-state index contributed by atoms with van der Waals surface area (Å²) in [5.41, 5.74) is 3.61. The molecule has 0 fully saturated rings. The second kappa shape index (κ2) is 9.66. The lowest BCUT2D eigenvalue weighted by atomic mass is 10.1. The van der Waals surface area contributed by atoms with Crippen LogP contribution in [0.2, 0.25) is 5.02 Å². The summed E-state index contributed by atoms with van der Waals surface area (Å²) in [4.78, 5) is 32.8. The fourth-order valence-corrected chi connectivity index (χ4v) is 3.19. The highest BCUT2D eigenvalue weighted by molar-refractivity contribution is 6.32. The number of nitrogens with one attached hydrogen (secondary N) is 2. The monoisotopic (exact) mass is 441 g/mol. The van der Waals surface area contributed by atoms with Gasteiger partial charge in [-0.3, -0.25) is 4.79 Å². The molecule has 7 nitrogen and oxygen atoms in total. The lowest BCUT2D eigenvalue weighted by molar-refractivity contribution is -0.124. The maximum Gasteiger partial charge on any atom is 0.338 e. The third kappa shape index (κ3) is 5.24. The van der Waals surface area contributed by atoms with Crippen molar-refractivity contribution in [2.45, 2.75) is 33.3 Å². The molecule has 2 N–H and O–H groups in total. The summed E-state index contributed by atoms with van der Waals surface area (Å²) in [6, 6.07) is 11.8. The zero-order valence-corrected chi connectivity index (χ0v) is 18.5. The number of ether oxygens (including phenoxy) is 2. The standard InChI is InChI=1S/C23H24ClN3O4/c1-5-19(22(28)27-17-10-11-20(30-4)18(24)12-17)31-23(29)16-8-6-15(7-9-16)21-25-13(2)14(3)26-21/h6-12,19H,5H2,1-4H3,(H,25,26)(H,27,28). The first kappa shape index (κ1) is 22.4. The molecule has 162 valence electrons. The summed E-state index contributed by atoms with van der Waals surface area (Å²) < 4.78 is 10.5. The Labute approximate surface area is 185 Å². The minimum Gasteiger partial charge on any atom is -0.495 e. The minimum absolute atomic E-state index is 0.324. The molecule has 0 saturated carbocycles. The van der Waals surface area contributed by atoms with Crippen LogP contribution in [0.4, 0.5) is 5.69 Å². The number of methoxy groups -OCH3 is 1. The van der Waals surface area contributed by atoms with Gasteiger partial charge in [-0.2, -0.15) is 0 Å². The van der Waals surface area contributed by atoms with Gasteiger partial charge < -0.3 is 19.8 Å². The van der Waals surface area contributed by atoms with Crippen molar-refractivity contribution in [2.75, 3.05) is 12.4 Å². The van der Waals surface area contributed by atoms with Crippen LogP contribution in [0.5, 0.6) is 5.75 Å². The minimum atomic E-state index is -0.941. The van der Waals surface area contributed by atoms with Crippen LogP contribution in [-0.2, 0) is 9.53 Å². The van der Waals surface area contributed by atoms with Gasteiger partial charge in [0.25, 0.3) is 5.91 Å². The number of imidazole rings is 1. The van der Waals surface area contributed by atoms with Gasteiger partial charge >= 0.3 is 5.97 Å². The Hall–Kier alpha value is -3.32. The molecule has 1 unspecified atom stereocenters. The summed E-state index contributed by atoms with van der Waals surface area (Å²) >= 11 is 6.09. The molecule has 2 aromatic carbocycles. The van der Waals surface area contributed by atoms with Crippen LogP contribution < -0.4 is 10.1 Å². The van der Waals surface area contributed by atoms with E-state index in [2.05, 4.69) is 15.3 Å². The first-order valence-electron chi connectivity index (χ1n) is 9.81. The fourth-order valence-electron chi connectivity index (χ4n) is 2.93. The van der Waals surface area contributed by atoms with E-state index in [1.165, 1.54) is 7.11 Å². The molecular weight excluding hydrogens is 418 g/mol. The summed E-state index contributed by atoms with van der Waals surface area (Å²) in [7, 11) is 1.51. The Morgan fingerprint density at radius 2 is 1.87 bits per heavy atom. The number of carbonyl (C=O) groups is 2. The third-order valence-corrected chi connectivity index (χ3v) is 5.15. The summed E-state index contributed by atoms with van der Waals surface area (Å²) in [5, 5.41) is 3.08. The topological polar surface area (TPSA) is 93.3 Å². The molecule has 0 aliphatic rings. The van der Waals surface area contributed by atoms with Gasteiger partial charge in [0.2, 0.25) is 0 Å². The van der Waals surface area contributed by atoms with Crippen LogP contribution in [-0.4, -0.2) is 35.1 Å². The molecule has 1 aromatic heterocycles. The van der Waals surface area contributed by atoms with Crippen LogP contribution in [0.3, 0.4) is 0 Å². The number of halogens is 1. The smallest absolute Gasteiger partial charge is 0.338 e. The molecule has 0 bridgehead atoms. The Morgan fingerprint density at radius 1 is 1.16 bits per heavy atom. The van der Waals surface area contributed by atoms with Gasteiger partial charge in [0.15, 0.2) is 6.10 Å². The van der Waals surface area contributed by atoms with Crippen molar-refractivity contribution in [3.8, 4) is 17.1 Å². The number of aryl methyl sites for hydroxylation is 2. The average Bonchev–Trinajstić information content (AvgIpc) is 3.10. The molecule has 0 saturated heterocycles. The number of amides is 1. The highest BCUT2D eigenvalue weighted by Crippen LogP contribution is 2.27. The number of hydrogen-bond donors (Lipinski definition) is 2. The third-order valence-electron chi connectivity index (χ3n) is 4.85. The van der Waals surface area contributed by atoms with Crippen LogP contribution in [0.15, 0.2) is 42.5 Å². The maximum absolute atomic E-state index is 12.6. The number of rotatable bonds is 7. The first-order chi connectivity index (χ1) is 14.8. The highest BCUT2D eigenvalue weighted by atomic mass is 35.5. The van der Waals surface area contributed by atoms with Crippen molar-refractivity contribution in [1.82, 2.24) is 9.97 Å². The number of esters is 1.